The molecular formula is C11H12F2N2OS. The zero-order valence-electron chi connectivity index (χ0n) is 9.08. The summed E-state index contributed by atoms with van der Waals surface area (Å²) in [5.74, 6) is -1.09. The number of thioether (sulfide) groups is 1. The van der Waals surface area contributed by atoms with Crippen LogP contribution in [0.3, 0.4) is 0 Å². The third-order valence-corrected chi connectivity index (χ3v) is 3.80. The van der Waals surface area contributed by atoms with Gasteiger partial charge in [0.25, 0.3) is 5.91 Å². The molecule has 0 bridgehead atoms. The lowest BCUT2D eigenvalue weighted by Crippen LogP contribution is -2.38. The second-order valence-corrected chi connectivity index (χ2v) is 5.00. The van der Waals surface area contributed by atoms with E-state index in [1.165, 1.54) is 6.07 Å². The molecule has 6 heteroatoms. The van der Waals surface area contributed by atoms with Crippen molar-refractivity contribution in [2.45, 2.75) is 18.9 Å². The number of nitrogens with zero attached hydrogens (tertiary/aromatic N) is 1. The van der Waals surface area contributed by atoms with Gasteiger partial charge >= 0.3 is 0 Å². The fourth-order valence-corrected chi connectivity index (χ4v) is 2.78. The molecule has 0 aromatic carbocycles. The number of carbonyl (C=O) groups is 1. The highest BCUT2D eigenvalue weighted by Gasteiger charge is 2.20. The molecule has 0 saturated carbocycles. The maximum absolute atomic E-state index is 13.3. The van der Waals surface area contributed by atoms with Gasteiger partial charge in [0, 0.05) is 18.0 Å². The van der Waals surface area contributed by atoms with Crippen molar-refractivity contribution in [2.75, 3.05) is 11.5 Å². The minimum absolute atomic E-state index is 0.0388. The van der Waals surface area contributed by atoms with Crippen molar-refractivity contribution in [2.24, 2.45) is 0 Å². The maximum Gasteiger partial charge on any atom is 0.254 e. The molecule has 1 fully saturated rings. The fraction of sp³-hybridized carbons (Fsp3) is 0.455. The summed E-state index contributed by atoms with van der Waals surface area (Å²) in [5.41, 5.74) is -0.284. The first-order valence-electron chi connectivity index (χ1n) is 5.37. The van der Waals surface area contributed by atoms with Crippen molar-refractivity contribution in [1.82, 2.24) is 10.3 Å². The van der Waals surface area contributed by atoms with Gasteiger partial charge in [-0.05, 0) is 24.7 Å². The molecule has 0 radical (unpaired) electrons. The van der Waals surface area contributed by atoms with E-state index in [2.05, 4.69) is 10.3 Å². The SMILES string of the molecule is O=C(NC1CCCSC1)c1ccnc(F)c1F. The molecule has 3 nitrogen and oxygen atoms in total. The topological polar surface area (TPSA) is 42.0 Å². The predicted octanol–water partition coefficient (Wildman–Crippen LogP) is 1.99. The molecule has 17 heavy (non-hydrogen) atoms. The average molecular weight is 258 g/mol. The van der Waals surface area contributed by atoms with Gasteiger partial charge in [-0.2, -0.15) is 16.2 Å². The van der Waals surface area contributed by atoms with Gasteiger partial charge in [0.05, 0.1) is 5.56 Å². The minimum Gasteiger partial charge on any atom is -0.348 e. The molecule has 2 heterocycles. The van der Waals surface area contributed by atoms with E-state index in [1.807, 2.05) is 0 Å². The largest absolute Gasteiger partial charge is 0.348 e. The van der Waals surface area contributed by atoms with Gasteiger partial charge in [0.2, 0.25) is 5.95 Å². The zero-order valence-corrected chi connectivity index (χ0v) is 9.90. The third kappa shape index (κ3) is 2.94. The Bertz CT molecular complexity index is 422. The minimum atomic E-state index is -1.24. The first-order chi connectivity index (χ1) is 8.18. The Morgan fingerprint density at radius 1 is 1.53 bits per heavy atom. The van der Waals surface area contributed by atoms with E-state index >= 15 is 0 Å². The highest BCUT2D eigenvalue weighted by Crippen LogP contribution is 2.17. The number of pyridine rings is 1. The molecule has 1 saturated heterocycles. The Morgan fingerprint density at radius 3 is 3.06 bits per heavy atom. The van der Waals surface area contributed by atoms with Crippen LogP contribution in [0.1, 0.15) is 23.2 Å². The van der Waals surface area contributed by atoms with Crippen LogP contribution < -0.4 is 5.32 Å². The average Bonchev–Trinajstić information content (AvgIpc) is 2.34. The van der Waals surface area contributed by atoms with E-state index in [4.69, 9.17) is 0 Å². The highest BCUT2D eigenvalue weighted by atomic mass is 32.2. The maximum atomic E-state index is 13.3. The van der Waals surface area contributed by atoms with Gasteiger partial charge in [0.15, 0.2) is 5.82 Å². The van der Waals surface area contributed by atoms with Gasteiger partial charge in [-0.3, -0.25) is 4.79 Å². The van der Waals surface area contributed by atoms with Crippen LogP contribution in [0, 0.1) is 11.8 Å². The molecule has 1 unspecified atom stereocenters. The van der Waals surface area contributed by atoms with Crippen LogP contribution in [-0.2, 0) is 0 Å². The van der Waals surface area contributed by atoms with E-state index in [-0.39, 0.29) is 11.6 Å². The zero-order chi connectivity index (χ0) is 12.3. The molecule has 0 spiro atoms. The van der Waals surface area contributed by atoms with Crippen LogP contribution >= 0.6 is 11.8 Å². The molecule has 0 aliphatic carbocycles. The summed E-state index contributed by atoms with van der Waals surface area (Å²) in [5, 5.41) is 2.71. The van der Waals surface area contributed by atoms with Crippen molar-refractivity contribution in [1.29, 1.82) is 0 Å². The number of aromatic nitrogens is 1. The van der Waals surface area contributed by atoms with E-state index < -0.39 is 17.7 Å². The summed E-state index contributed by atoms with van der Waals surface area (Å²) in [6, 6.07) is 1.22. The Balaban J connectivity index is 2.06. The summed E-state index contributed by atoms with van der Waals surface area (Å²) >= 11 is 1.75. The molecule has 1 aromatic heterocycles. The highest BCUT2D eigenvalue weighted by molar-refractivity contribution is 7.99. The number of hydrogen-bond donors (Lipinski definition) is 1. The fourth-order valence-electron chi connectivity index (χ4n) is 1.71. The summed E-state index contributed by atoms with van der Waals surface area (Å²) in [6.45, 7) is 0. The number of hydrogen-bond acceptors (Lipinski definition) is 3. The lowest BCUT2D eigenvalue weighted by atomic mass is 10.1. The van der Waals surface area contributed by atoms with Crippen molar-refractivity contribution in [3.8, 4) is 0 Å². The molecule has 2 rings (SSSR count). The summed E-state index contributed by atoms with van der Waals surface area (Å²) in [4.78, 5) is 14.9. The second kappa shape index (κ2) is 5.44. The normalized spacial score (nSPS) is 20.0. The molecule has 92 valence electrons. The molecule has 1 atom stereocenters. The molecule has 1 N–H and O–H groups in total. The molecule has 1 aliphatic heterocycles. The van der Waals surface area contributed by atoms with Crippen LogP contribution in [0.5, 0.6) is 0 Å². The van der Waals surface area contributed by atoms with Crippen LogP contribution in [-0.4, -0.2) is 28.4 Å². The molecule has 1 aromatic rings. The quantitative estimate of drug-likeness (QED) is 0.825. The van der Waals surface area contributed by atoms with Crippen LogP contribution in [0.4, 0.5) is 8.78 Å². The smallest absolute Gasteiger partial charge is 0.254 e. The first-order valence-corrected chi connectivity index (χ1v) is 6.52. The number of nitrogens with one attached hydrogen (secondary N) is 1. The summed E-state index contributed by atoms with van der Waals surface area (Å²) < 4.78 is 26.2. The summed E-state index contributed by atoms with van der Waals surface area (Å²) in [7, 11) is 0. The standard InChI is InChI=1S/C11H12F2N2OS/c12-9-8(3-4-14-10(9)13)11(16)15-7-2-1-5-17-6-7/h3-4,7H,1-2,5-6H2,(H,15,16). The van der Waals surface area contributed by atoms with Gasteiger partial charge in [-0.15, -0.1) is 0 Å². The van der Waals surface area contributed by atoms with Gasteiger partial charge in [-0.1, -0.05) is 0 Å². The van der Waals surface area contributed by atoms with E-state index in [0.29, 0.717) is 0 Å². The van der Waals surface area contributed by atoms with Gasteiger partial charge < -0.3 is 5.32 Å². The Hall–Kier alpha value is -1.17. The van der Waals surface area contributed by atoms with Gasteiger partial charge in [0.1, 0.15) is 0 Å². The first kappa shape index (κ1) is 12.3. The third-order valence-electron chi connectivity index (χ3n) is 2.59. The van der Waals surface area contributed by atoms with Crippen molar-refractivity contribution in [3.63, 3.8) is 0 Å². The Labute approximate surface area is 102 Å². The van der Waals surface area contributed by atoms with E-state index in [0.717, 1.165) is 30.5 Å². The van der Waals surface area contributed by atoms with Crippen LogP contribution in [0.15, 0.2) is 12.3 Å². The molecule has 1 aliphatic rings. The van der Waals surface area contributed by atoms with E-state index in [1.54, 1.807) is 11.8 Å². The number of halogens is 2. The number of rotatable bonds is 2. The van der Waals surface area contributed by atoms with E-state index in [9.17, 15) is 13.6 Å². The number of carbonyl (C=O) groups excluding carboxylic acids is 1. The summed E-state index contributed by atoms with van der Waals surface area (Å²) in [6.07, 6.45) is 3.00. The lowest BCUT2D eigenvalue weighted by Gasteiger charge is -2.22. The van der Waals surface area contributed by atoms with Crippen LogP contribution in [0.25, 0.3) is 0 Å². The number of amides is 1. The van der Waals surface area contributed by atoms with Gasteiger partial charge in [-0.25, -0.2) is 9.37 Å². The Kier molecular flexibility index (Phi) is 3.93. The lowest BCUT2D eigenvalue weighted by molar-refractivity contribution is 0.0933. The molecule has 1 amide bonds. The second-order valence-electron chi connectivity index (χ2n) is 3.85. The van der Waals surface area contributed by atoms with Crippen molar-refractivity contribution >= 4 is 17.7 Å². The van der Waals surface area contributed by atoms with Crippen LogP contribution in [0.2, 0.25) is 0 Å². The molecular weight excluding hydrogens is 246 g/mol. The van der Waals surface area contributed by atoms with Crippen molar-refractivity contribution < 1.29 is 13.6 Å². The monoisotopic (exact) mass is 258 g/mol. The van der Waals surface area contributed by atoms with Crippen molar-refractivity contribution in [3.05, 3.63) is 29.6 Å². The Morgan fingerprint density at radius 2 is 2.35 bits per heavy atom. The predicted molar refractivity (Wildman–Crippen MR) is 62.0 cm³/mol.